The van der Waals surface area contributed by atoms with Crippen LogP contribution in [0.5, 0.6) is 0 Å². The molecular weight excluding hydrogens is 174 g/mol. The van der Waals surface area contributed by atoms with Crippen LogP contribution in [0.15, 0.2) is 0 Å². The number of nitriles is 2. The van der Waals surface area contributed by atoms with Gasteiger partial charge in [0.2, 0.25) is 0 Å². The molecule has 1 heterocycles. The van der Waals surface area contributed by atoms with Crippen LogP contribution in [0.25, 0.3) is 0 Å². The lowest BCUT2D eigenvalue weighted by Crippen LogP contribution is -2.36. The lowest BCUT2D eigenvalue weighted by molar-refractivity contribution is 0.194. The Bertz CT molecular complexity index is 248. The van der Waals surface area contributed by atoms with Gasteiger partial charge in [-0.3, -0.25) is 0 Å². The van der Waals surface area contributed by atoms with Crippen molar-refractivity contribution in [3.8, 4) is 12.3 Å². The summed E-state index contributed by atoms with van der Waals surface area (Å²) in [5.41, 5.74) is 0. The molecule has 0 amide bonds. The highest BCUT2D eigenvalue weighted by Crippen LogP contribution is 2.23. The van der Waals surface area contributed by atoms with E-state index in [1.807, 2.05) is 4.90 Å². The molecule has 1 fully saturated rings. The van der Waals surface area contributed by atoms with Crippen molar-refractivity contribution in [2.45, 2.75) is 45.1 Å². The maximum Gasteiger partial charge on any atom is 0.179 e. The quantitative estimate of drug-likeness (QED) is 0.643. The molecule has 0 aromatic heterocycles. The van der Waals surface area contributed by atoms with Crippen molar-refractivity contribution in [2.75, 3.05) is 6.54 Å². The first-order chi connectivity index (χ1) is 6.77. The maximum absolute atomic E-state index is 8.92. The van der Waals surface area contributed by atoms with E-state index in [2.05, 4.69) is 19.2 Å². The third-order valence-electron chi connectivity index (χ3n) is 2.87. The standard InChI is InChI=1S/C11H17N3/c1-10(5-6-12)8-11-4-2-3-7-14(11)9-13/h10-11H,2-5,7-8H2,1H3. The molecule has 2 atom stereocenters. The molecule has 76 valence electrons. The lowest BCUT2D eigenvalue weighted by atomic mass is 9.92. The first-order valence-corrected chi connectivity index (χ1v) is 5.31. The van der Waals surface area contributed by atoms with Crippen LogP contribution in [0.2, 0.25) is 0 Å². The van der Waals surface area contributed by atoms with Crippen molar-refractivity contribution in [3.63, 3.8) is 0 Å². The van der Waals surface area contributed by atoms with E-state index in [1.54, 1.807) is 0 Å². The summed E-state index contributed by atoms with van der Waals surface area (Å²) in [5, 5.41) is 17.5. The average molecular weight is 191 g/mol. The van der Waals surface area contributed by atoms with Crippen LogP contribution >= 0.6 is 0 Å². The van der Waals surface area contributed by atoms with Gasteiger partial charge in [-0.2, -0.15) is 10.5 Å². The van der Waals surface area contributed by atoms with Gasteiger partial charge in [-0.15, -0.1) is 0 Å². The minimum Gasteiger partial charge on any atom is -0.308 e. The van der Waals surface area contributed by atoms with Gasteiger partial charge in [-0.25, -0.2) is 0 Å². The van der Waals surface area contributed by atoms with Gasteiger partial charge in [0.25, 0.3) is 0 Å². The van der Waals surface area contributed by atoms with Gasteiger partial charge in [0.1, 0.15) is 0 Å². The van der Waals surface area contributed by atoms with E-state index in [4.69, 9.17) is 10.5 Å². The minimum atomic E-state index is 0.386. The summed E-state index contributed by atoms with van der Waals surface area (Å²) in [5.74, 6) is 0.416. The van der Waals surface area contributed by atoms with E-state index in [0.29, 0.717) is 18.4 Å². The van der Waals surface area contributed by atoms with E-state index < -0.39 is 0 Å². The molecule has 0 aromatic rings. The lowest BCUT2D eigenvalue weighted by Gasteiger charge is -2.32. The number of hydrogen-bond acceptors (Lipinski definition) is 3. The van der Waals surface area contributed by atoms with Crippen molar-refractivity contribution in [3.05, 3.63) is 0 Å². The molecule has 1 aliphatic rings. The topological polar surface area (TPSA) is 50.8 Å². The zero-order valence-electron chi connectivity index (χ0n) is 8.74. The van der Waals surface area contributed by atoms with Crippen LogP contribution in [0.4, 0.5) is 0 Å². The monoisotopic (exact) mass is 191 g/mol. The van der Waals surface area contributed by atoms with Crippen LogP contribution in [-0.4, -0.2) is 17.5 Å². The van der Waals surface area contributed by atoms with E-state index in [-0.39, 0.29) is 0 Å². The molecule has 1 rings (SSSR count). The van der Waals surface area contributed by atoms with Gasteiger partial charge in [0, 0.05) is 19.0 Å². The predicted octanol–water partition coefficient (Wildman–Crippen LogP) is 2.26. The second kappa shape index (κ2) is 5.50. The SMILES string of the molecule is CC(CC#N)CC1CCCCN1C#N. The number of likely N-dealkylation sites (tertiary alicyclic amines) is 1. The second-order valence-electron chi connectivity index (χ2n) is 4.15. The minimum absolute atomic E-state index is 0.386. The highest BCUT2D eigenvalue weighted by molar-refractivity contribution is 4.87. The third-order valence-corrected chi connectivity index (χ3v) is 2.87. The highest BCUT2D eigenvalue weighted by Gasteiger charge is 2.22. The Morgan fingerprint density at radius 1 is 1.43 bits per heavy atom. The number of piperidine rings is 1. The van der Waals surface area contributed by atoms with Crippen molar-refractivity contribution >= 4 is 0 Å². The number of rotatable bonds is 3. The van der Waals surface area contributed by atoms with Crippen LogP contribution < -0.4 is 0 Å². The highest BCUT2D eigenvalue weighted by atomic mass is 15.1. The van der Waals surface area contributed by atoms with Crippen molar-refractivity contribution < 1.29 is 0 Å². The average Bonchev–Trinajstić information content (AvgIpc) is 2.19. The molecule has 0 spiro atoms. The summed E-state index contributed by atoms with van der Waals surface area (Å²) >= 11 is 0. The van der Waals surface area contributed by atoms with Gasteiger partial charge >= 0.3 is 0 Å². The molecule has 3 nitrogen and oxygen atoms in total. The second-order valence-corrected chi connectivity index (χ2v) is 4.15. The van der Waals surface area contributed by atoms with Crippen molar-refractivity contribution in [1.29, 1.82) is 10.5 Å². The van der Waals surface area contributed by atoms with Crippen LogP contribution in [0.3, 0.4) is 0 Å². The van der Waals surface area contributed by atoms with E-state index in [0.717, 1.165) is 25.8 Å². The Morgan fingerprint density at radius 3 is 2.86 bits per heavy atom. The first kappa shape index (κ1) is 10.9. The Balaban J connectivity index is 2.41. The fraction of sp³-hybridized carbons (Fsp3) is 0.818. The number of hydrogen-bond donors (Lipinski definition) is 0. The van der Waals surface area contributed by atoms with Crippen LogP contribution in [0.1, 0.15) is 39.0 Å². The third kappa shape index (κ3) is 2.92. The molecule has 1 saturated heterocycles. The molecule has 0 aromatic carbocycles. The normalized spacial score (nSPS) is 23.6. The maximum atomic E-state index is 8.92. The Hall–Kier alpha value is -1.22. The smallest absolute Gasteiger partial charge is 0.179 e. The van der Waals surface area contributed by atoms with Crippen molar-refractivity contribution in [2.24, 2.45) is 5.92 Å². The zero-order chi connectivity index (χ0) is 10.4. The molecule has 3 heteroatoms. The van der Waals surface area contributed by atoms with Gasteiger partial charge in [0.15, 0.2) is 6.19 Å². The summed E-state index contributed by atoms with van der Waals surface area (Å²) in [6.07, 6.45) is 7.32. The number of nitrogens with zero attached hydrogens (tertiary/aromatic N) is 3. The first-order valence-electron chi connectivity index (χ1n) is 5.31. The van der Waals surface area contributed by atoms with Gasteiger partial charge in [-0.05, 0) is 31.6 Å². The molecule has 2 unspecified atom stereocenters. The van der Waals surface area contributed by atoms with Crippen LogP contribution in [-0.2, 0) is 0 Å². The molecule has 0 saturated carbocycles. The zero-order valence-corrected chi connectivity index (χ0v) is 8.74. The predicted molar refractivity (Wildman–Crippen MR) is 54.0 cm³/mol. The largest absolute Gasteiger partial charge is 0.308 e. The Labute approximate surface area is 85.9 Å². The molecule has 0 aliphatic carbocycles. The van der Waals surface area contributed by atoms with Gasteiger partial charge in [0.05, 0.1) is 6.07 Å². The molecule has 0 bridgehead atoms. The summed E-state index contributed by atoms with van der Waals surface area (Å²) in [6, 6.07) is 2.57. The van der Waals surface area contributed by atoms with Gasteiger partial charge in [-0.1, -0.05) is 6.92 Å². The van der Waals surface area contributed by atoms with E-state index >= 15 is 0 Å². The molecular formula is C11H17N3. The van der Waals surface area contributed by atoms with Crippen molar-refractivity contribution in [1.82, 2.24) is 4.90 Å². The fourth-order valence-corrected chi connectivity index (χ4v) is 2.08. The molecule has 0 N–H and O–H groups in total. The molecule has 14 heavy (non-hydrogen) atoms. The summed E-state index contributed by atoms with van der Waals surface area (Å²) in [6.45, 7) is 2.99. The van der Waals surface area contributed by atoms with E-state index in [1.165, 1.54) is 6.42 Å². The Morgan fingerprint density at radius 2 is 2.21 bits per heavy atom. The summed E-state index contributed by atoms with van der Waals surface area (Å²) in [7, 11) is 0. The van der Waals surface area contributed by atoms with E-state index in [9.17, 15) is 0 Å². The van der Waals surface area contributed by atoms with Gasteiger partial charge < -0.3 is 4.90 Å². The Kier molecular flexibility index (Phi) is 4.26. The molecule has 1 aliphatic heterocycles. The summed E-state index contributed by atoms with van der Waals surface area (Å²) < 4.78 is 0. The summed E-state index contributed by atoms with van der Waals surface area (Å²) in [4.78, 5) is 1.89. The fourth-order valence-electron chi connectivity index (χ4n) is 2.08. The van der Waals surface area contributed by atoms with Crippen LogP contribution in [0, 0.1) is 28.7 Å². The molecule has 0 radical (unpaired) electrons.